The van der Waals surface area contributed by atoms with Gasteiger partial charge in [-0.1, -0.05) is 50.1 Å². The topological polar surface area (TPSA) is 115 Å². The van der Waals surface area contributed by atoms with Crippen molar-refractivity contribution in [1.82, 2.24) is 24.5 Å². The van der Waals surface area contributed by atoms with E-state index in [4.69, 9.17) is 21.1 Å². The van der Waals surface area contributed by atoms with E-state index in [1.54, 1.807) is 24.5 Å². The molecule has 5 aromatic rings. The fourth-order valence-corrected chi connectivity index (χ4v) is 10.6. The van der Waals surface area contributed by atoms with Gasteiger partial charge in [0.2, 0.25) is 0 Å². The fraction of sp³-hybridized carbons (Fsp3) is 0.429. The Morgan fingerprint density at radius 2 is 1.77 bits per heavy atom. The molecule has 1 aliphatic carbocycles. The molecule has 0 bridgehead atoms. The Labute approximate surface area is 396 Å². The first-order valence-electron chi connectivity index (χ1n) is 22.6. The van der Waals surface area contributed by atoms with Crippen LogP contribution in [0.5, 0.6) is 11.5 Å². The Bertz CT molecular complexity index is 2540. The molecule has 11 nitrogen and oxygen atoms in total. The summed E-state index contributed by atoms with van der Waals surface area (Å²) >= 11 is 7.12. The number of H-pyrrole nitrogens is 1. The Morgan fingerprint density at radius 1 is 1.00 bits per heavy atom. The fourth-order valence-electron chi connectivity index (χ4n) is 8.93. The lowest BCUT2D eigenvalue weighted by Gasteiger charge is -2.42. The van der Waals surface area contributed by atoms with E-state index in [2.05, 4.69) is 67.6 Å². The van der Waals surface area contributed by atoms with Gasteiger partial charge in [-0.2, -0.15) is 13.2 Å². The number of hydrogen-bond donors (Lipinski definition) is 3. The zero-order valence-corrected chi connectivity index (χ0v) is 39.9. The second-order valence-electron chi connectivity index (χ2n) is 17.8. The molecular weight excluding hydrogens is 907 g/mol. The molecule has 17 heteroatoms. The molecule has 1 amide bonds. The molecule has 3 N–H and O–H groups in total. The van der Waals surface area contributed by atoms with Crippen molar-refractivity contribution in [1.29, 1.82) is 0 Å². The number of benzene rings is 3. The van der Waals surface area contributed by atoms with Crippen molar-refractivity contribution in [2.45, 2.75) is 61.8 Å². The summed E-state index contributed by atoms with van der Waals surface area (Å²) in [5.41, 5.74) is 1.39. The van der Waals surface area contributed by atoms with Crippen molar-refractivity contribution >= 4 is 68.2 Å². The molecule has 0 spiro atoms. The summed E-state index contributed by atoms with van der Waals surface area (Å²) in [7, 11) is -3.30. The summed E-state index contributed by atoms with van der Waals surface area (Å²) in [4.78, 5) is 28.5. The van der Waals surface area contributed by atoms with E-state index in [0.717, 1.165) is 99.7 Å². The van der Waals surface area contributed by atoms with Gasteiger partial charge >= 0.3 is 5.51 Å². The van der Waals surface area contributed by atoms with Gasteiger partial charge < -0.3 is 24.7 Å². The van der Waals surface area contributed by atoms with Crippen LogP contribution >= 0.6 is 23.5 Å². The lowest BCUT2D eigenvalue weighted by atomic mass is 9.66. The second-order valence-corrected chi connectivity index (χ2v) is 20.6. The number of aromatic nitrogens is 2. The number of pyridine rings is 1. The van der Waals surface area contributed by atoms with Crippen LogP contribution in [-0.2, 0) is 15.5 Å². The molecule has 0 radical (unpaired) electrons. The zero-order chi connectivity index (χ0) is 46.4. The average Bonchev–Trinajstić information content (AvgIpc) is 3.78. The number of amides is 1. The summed E-state index contributed by atoms with van der Waals surface area (Å²) in [6, 6.07) is 21.7. The van der Waals surface area contributed by atoms with Crippen LogP contribution in [0.15, 0.2) is 101 Å². The average molecular weight is 965 g/mol. The Hall–Kier alpha value is -4.58. The van der Waals surface area contributed by atoms with Gasteiger partial charge in [0.05, 0.1) is 35.6 Å². The molecule has 2 aromatic heterocycles. The van der Waals surface area contributed by atoms with Gasteiger partial charge in [0, 0.05) is 85.6 Å². The SMILES string of the molecule is CC(C)C1(C)CCC(c2ccc(Cl)cc2)=C(CN2CCN(c3ccc(C(=O)NSc4ccc(NCCCN5CCOCC5)c(S(=O)C(F)(F)F)c4)c(Oc4cnc5[nH]ccc5c4)c3)CC2)C1. The molecule has 8 rings (SSSR count). The number of anilines is 2. The van der Waals surface area contributed by atoms with Crippen LogP contribution in [0.3, 0.4) is 0 Å². The van der Waals surface area contributed by atoms with Gasteiger partial charge in [0.25, 0.3) is 5.91 Å². The van der Waals surface area contributed by atoms with Crippen LogP contribution in [0.1, 0.15) is 62.4 Å². The van der Waals surface area contributed by atoms with Crippen LogP contribution in [0.25, 0.3) is 16.6 Å². The van der Waals surface area contributed by atoms with Crippen molar-refractivity contribution in [2.75, 3.05) is 82.3 Å². The summed E-state index contributed by atoms with van der Waals surface area (Å²) in [5.74, 6) is 0.781. The Kier molecular flexibility index (Phi) is 15.4. The molecule has 3 aromatic carbocycles. The van der Waals surface area contributed by atoms with Crippen molar-refractivity contribution in [3.8, 4) is 11.5 Å². The first kappa shape index (κ1) is 47.9. The maximum absolute atomic E-state index is 14.0. The van der Waals surface area contributed by atoms with Crippen LogP contribution < -0.4 is 19.7 Å². The van der Waals surface area contributed by atoms with Crippen LogP contribution in [0.2, 0.25) is 5.02 Å². The monoisotopic (exact) mass is 963 g/mol. The molecule has 2 fully saturated rings. The molecule has 3 aliphatic rings. The molecule has 2 saturated heterocycles. The molecule has 66 heavy (non-hydrogen) atoms. The molecule has 352 valence electrons. The number of morpholine rings is 1. The maximum Gasteiger partial charge on any atom is 0.475 e. The van der Waals surface area contributed by atoms with Gasteiger partial charge in [0.1, 0.15) is 17.1 Å². The van der Waals surface area contributed by atoms with E-state index in [1.807, 2.05) is 36.4 Å². The van der Waals surface area contributed by atoms with Crippen LogP contribution in [0, 0.1) is 11.3 Å². The minimum atomic E-state index is -4.97. The third-order valence-corrected chi connectivity index (χ3v) is 15.4. The van der Waals surface area contributed by atoms with E-state index in [0.29, 0.717) is 49.2 Å². The highest BCUT2D eigenvalue weighted by molar-refractivity contribution is 7.98. The zero-order valence-electron chi connectivity index (χ0n) is 37.5. The van der Waals surface area contributed by atoms with Gasteiger partial charge in [-0.15, -0.1) is 0 Å². The van der Waals surface area contributed by atoms with E-state index < -0.39 is 27.1 Å². The summed E-state index contributed by atoms with van der Waals surface area (Å²) in [6.45, 7) is 15.3. The second kappa shape index (κ2) is 21.2. The van der Waals surface area contributed by atoms with E-state index in [-0.39, 0.29) is 21.6 Å². The predicted molar refractivity (Wildman–Crippen MR) is 259 cm³/mol. The minimum Gasteiger partial charge on any atom is -0.455 e. The number of alkyl halides is 3. The Morgan fingerprint density at radius 3 is 2.52 bits per heavy atom. The minimum absolute atomic E-state index is 0.131. The lowest BCUT2D eigenvalue weighted by Crippen LogP contribution is -2.47. The normalized spacial score (nSPS) is 19.4. The third-order valence-electron chi connectivity index (χ3n) is 13.2. The summed E-state index contributed by atoms with van der Waals surface area (Å²) in [6.07, 6.45) is 7.31. The number of hydrogen-bond acceptors (Lipinski definition) is 10. The lowest BCUT2D eigenvalue weighted by molar-refractivity contribution is -0.0384. The first-order valence-corrected chi connectivity index (χ1v) is 24.9. The Balaban J connectivity index is 0.972. The number of aromatic amines is 1. The van der Waals surface area contributed by atoms with Crippen molar-refractivity contribution < 1.29 is 31.6 Å². The first-order chi connectivity index (χ1) is 31.7. The smallest absolute Gasteiger partial charge is 0.455 e. The number of piperazine rings is 1. The highest BCUT2D eigenvalue weighted by atomic mass is 35.5. The van der Waals surface area contributed by atoms with Gasteiger partial charge in [-0.3, -0.25) is 19.3 Å². The van der Waals surface area contributed by atoms with Crippen molar-refractivity contribution in [3.05, 3.63) is 107 Å². The van der Waals surface area contributed by atoms with E-state index in [1.165, 1.54) is 28.8 Å². The molecular formula is C49H57ClF3N7O4S2. The number of nitrogens with zero attached hydrogens (tertiary/aromatic N) is 4. The van der Waals surface area contributed by atoms with Gasteiger partial charge in [0.15, 0.2) is 10.8 Å². The van der Waals surface area contributed by atoms with Crippen LogP contribution in [0.4, 0.5) is 24.5 Å². The van der Waals surface area contributed by atoms with E-state index >= 15 is 0 Å². The number of nitrogens with one attached hydrogen (secondary N) is 3. The number of fused-ring (bicyclic) bond motifs is 1. The van der Waals surface area contributed by atoms with Crippen molar-refractivity contribution in [2.24, 2.45) is 11.3 Å². The van der Waals surface area contributed by atoms with Gasteiger partial charge in [-0.25, -0.2) is 9.19 Å². The standard InChI is InChI=1S/C49H57ClF3N7O4S2/c1-33(2)48(3)15-13-41(34-5-7-37(50)8-6-34)36(30-48)32-59-19-21-60(22-20-59)38-9-11-42(44(28-38)64-39-27-35-14-17-55-46(35)56-31-39)47(61)57-65-40-10-12-43(45(29-40)66(62)49(51,52)53)54-16-4-18-58-23-25-63-26-24-58/h5-12,14,17,27-29,31,33,54H,4,13,15-16,18-26,30,32H2,1-3H3,(H,55,56)(H,57,61). The highest BCUT2D eigenvalue weighted by Crippen LogP contribution is 2.47. The number of allylic oxidation sites excluding steroid dienone is 1. The number of carbonyl (C=O) groups excluding carboxylic acids is 1. The third kappa shape index (κ3) is 11.7. The summed E-state index contributed by atoms with van der Waals surface area (Å²) < 4.78 is 68.9. The van der Waals surface area contributed by atoms with Crippen molar-refractivity contribution in [3.63, 3.8) is 0 Å². The highest BCUT2D eigenvalue weighted by Gasteiger charge is 2.40. The number of halogens is 4. The van der Waals surface area contributed by atoms with Gasteiger partial charge in [-0.05, 0) is 121 Å². The molecule has 4 heterocycles. The molecule has 2 atom stereocenters. The largest absolute Gasteiger partial charge is 0.475 e. The molecule has 2 unspecified atom stereocenters. The number of ether oxygens (including phenoxy) is 2. The summed E-state index contributed by atoms with van der Waals surface area (Å²) in [5, 5.41) is 4.62. The maximum atomic E-state index is 14.0. The molecule has 0 saturated carbocycles. The molecule has 2 aliphatic heterocycles. The quantitative estimate of drug-likeness (QED) is 0.0652. The number of carbonyl (C=O) groups is 1. The predicted octanol–water partition coefficient (Wildman–Crippen LogP) is 10.6. The van der Waals surface area contributed by atoms with E-state index in [9.17, 15) is 22.2 Å². The number of rotatable bonds is 16. The van der Waals surface area contributed by atoms with Crippen LogP contribution in [-0.4, -0.2) is 108 Å².